The number of carboxylic acids is 1. The van der Waals surface area contributed by atoms with Crippen LogP contribution in [-0.4, -0.2) is 23.7 Å². The highest BCUT2D eigenvalue weighted by Crippen LogP contribution is 2.48. The topological polar surface area (TPSA) is 49.3 Å². The minimum atomic E-state index is -0.627. The summed E-state index contributed by atoms with van der Waals surface area (Å²) in [5.41, 5.74) is 1.72. The van der Waals surface area contributed by atoms with Crippen LogP contribution >= 0.6 is 11.6 Å². The van der Waals surface area contributed by atoms with E-state index in [4.69, 9.17) is 16.7 Å². The molecule has 2 fully saturated rings. The average molecular weight is 322 g/mol. The van der Waals surface area contributed by atoms with Crippen molar-refractivity contribution < 1.29 is 9.90 Å². The van der Waals surface area contributed by atoms with Gasteiger partial charge in [0.1, 0.15) is 0 Å². The van der Waals surface area contributed by atoms with Crippen LogP contribution in [0.3, 0.4) is 0 Å². The summed E-state index contributed by atoms with van der Waals surface area (Å²) in [4.78, 5) is 11.0. The number of carbonyl (C=O) groups is 1. The summed E-state index contributed by atoms with van der Waals surface area (Å²) >= 11 is 6.07. The van der Waals surface area contributed by atoms with Gasteiger partial charge in [-0.1, -0.05) is 23.7 Å². The molecule has 3 nitrogen and oxygen atoms in total. The number of hydrogen-bond acceptors (Lipinski definition) is 2. The molecule has 0 heterocycles. The van der Waals surface area contributed by atoms with Crippen LogP contribution < -0.4 is 5.32 Å². The zero-order valence-electron chi connectivity index (χ0n) is 12.9. The summed E-state index contributed by atoms with van der Waals surface area (Å²) in [6.07, 6.45) is 7.25. The molecule has 120 valence electrons. The number of halogens is 1. The zero-order valence-corrected chi connectivity index (χ0v) is 13.6. The number of rotatable bonds is 6. The second-order valence-corrected chi connectivity index (χ2v) is 7.51. The second kappa shape index (κ2) is 6.59. The molecule has 2 saturated carbocycles. The molecule has 0 aromatic heterocycles. The van der Waals surface area contributed by atoms with Crippen LogP contribution in [0.4, 0.5) is 0 Å². The smallest absolute Gasteiger partial charge is 0.306 e. The van der Waals surface area contributed by atoms with Gasteiger partial charge in [0, 0.05) is 17.6 Å². The van der Waals surface area contributed by atoms with E-state index in [1.807, 2.05) is 12.1 Å². The van der Waals surface area contributed by atoms with Crippen LogP contribution in [0.2, 0.25) is 5.02 Å². The fourth-order valence-electron chi connectivity index (χ4n) is 3.58. The van der Waals surface area contributed by atoms with Gasteiger partial charge in [0.15, 0.2) is 0 Å². The van der Waals surface area contributed by atoms with Gasteiger partial charge in [-0.05, 0) is 68.1 Å². The third-order valence-electron chi connectivity index (χ3n) is 5.27. The van der Waals surface area contributed by atoms with E-state index in [1.54, 1.807) is 0 Å². The summed E-state index contributed by atoms with van der Waals surface area (Å²) < 4.78 is 0. The SMILES string of the molecule is O=C(O)C1CCC(NCC2(Cc3cccc(Cl)c3)CC2)CC1. The van der Waals surface area contributed by atoms with E-state index in [1.165, 1.54) is 18.4 Å². The fourth-order valence-corrected chi connectivity index (χ4v) is 3.79. The number of aliphatic carboxylic acids is 1. The molecule has 0 radical (unpaired) electrons. The Labute approximate surface area is 137 Å². The first-order valence-corrected chi connectivity index (χ1v) is 8.65. The maximum absolute atomic E-state index is 11.0. The van der Waals surface area contributed by atoms with E-state index in [9.17, 15) is 4.79 Å². The van der Waals surface area contributed by atoms with Crippen molar-refractivity contribution in [2.75, 3.05) is 6.54 Å². The largest absolute Gasteiger partial charge is 0.481 e. The van der Waals surface area contributed by atoms with Gasteiger partial charge in [-0.3, -0.25) is 4.79 Å². The molecule has 0 saturated heterocycles. The Morgan fingerprint density at radius 2 is 2.00 bits per heavy atom. The number of hydrogen-bond donors (Lipinski definition) is 2. The molecule has 0 amide bonds. The average Bonchev–Trinajstić information content (AvgIpc) is 3.25. The van der Waals surface area contributed by atoms with E-state index in [0.29, 0.717) is 11.5 Å². The third-order valence-corrected chi connectivity index (χ3v) is 5.50. The molecule has 1 aromatic rings. The Hall–Kier alpha value is -1.06. The first-order valence-electron chi connectivity index (χ1n) is 8.27. The molecule has 2 aliphatic rings. The number of nitrogens with one attached hydrogen (secondary N) is 1. The number of carboxylic acid groups (broad SMARTS) is 1. The van der Waals surface area contributed by atoms with Crippen molar-refractivity contribution in [3.8, 4) is 0 Å². The van der Waals surface area contributed by atoms with Crippen LogP contribution in [0.5, 0.6) is 0 Å². The maximum Gasteiger partial charge on any atom is 0.306 e. The molecular weight excluding hydrogens is 298 g/mol. The monoisotopic (exact) mass is 321 g/mol. The van der Waals surface area contributed by atoms with Crippen molar-refractivity contribution in [1.29, 1.82) is 0 Å². The van der Waals surface area contributed by atoms with Gasteiger partial charge in [-0.25, -0.2) is 0 Å². The van der Waals surface area contributed by atoms with E-state index in [0.717, 1.165) is 43.7 Å². The molecule has 0 aliphatic heterocycles. The maximum atomic E-state index is 11.0. The minimum absolute atomic E-state index is 0.126. The molecule has 1 aromatic carbocycles. The molecular formula is C18H24ClNO2. The van der Waals surface area contributed by atoms with E-state index >= 15 is 0 Å². The summed E-state index contributed by atoms with van der Waals surface area (Å²) in [5.74, 6) is -0.752. The highest BCUT2D eigenvalue weighted by molar-refractivity contribution is 6.30. The Kier molecular flexibility index (Phi) is 4.74. The first-order chi connectivity index (χ1) is 10.6. The Morgan fingerprint density at radius 1 is 1.27 bits per heavy atom. The lowest BCUT2D eigenvalue weighted by molar-refractivity contribution is -0.142. The van der Waals surface area contributed by atoms with Gasteiger partial charge in [0.05, 0.1) is 5.92 Å². The molecule has 3 rings (SSSR count). The van der Waals surface area contributed by atoms with Crippen LogP contribution in [0.15, 0.2) is 24.3 Å². The lowest BCUT2D eigenvalue weighted by Crippen LogP contribution is -2.38. The molecule has 4 heteroatoms. The highest BCUT2D eigenvalue weighted by atomic mass is 35.5. The third kappa shape index (κ3) is 4.02. The highest BCUT2D eigenvalue weighted by Gasteiger charge is 2.42. The summed E-state index contributed by atoms with van der Waals surface area (Å²) in [6, 6.07) is 8.66. The summed E-state index contributed by atoms with van der Waals surface area (Å²) in [5, 5.41) is 13.6. The predicted octanol–water partition coefficient (Wildman–Crippen LogP) is 3.90. The van der Waals surface area contributed by atoms with Crippen molar-refractivity contribution in [1.82, 2.24) is 5.32 Å². The predicted molar refractivity (Wildman–Crippen MR) is 88.2 cm³/mol. The molecule has 0 atom stereocenters. The molecule has 0 bridgehead atoms. The van der Waals surface area contributed by atoms with Crippen molar-refractivity contribution in [2.24, 2.45) is 11.3 Å². The van der Waals surface area contributed by atoms with Crippen LogP contribution in [0.1, 0.15) is 44.1 Å². The Balaban J connectivity index is 1.46. The molecule has 0 spiro atoms. The molecule has 2 aliphatic carbocycles. The van der Waals surface area contributed by atoms with Crippen molar-refractivity contribution >= 4 is 17.6 Å². The fraction of sp³-hybridized carbons (Fsp3) is 0.611. The second-order valence-electron chi connectivity index (χ2n) is 7.07. The van der Waals surface area contributed by atoms with Crippen molar-refractivity contribution in [2.45, 2.75) is 51.0 Å². The molecule has 2 N–H and O–H groups in total. The van der Waals surface area contributed by atoms with E-state index in [2.05, 4.69) is 17.4 Å². The summed E-state index contributed by atoms with van der Waals surface area (Å²) in [7, 11) is 0. The van der Waals surface area contributed by atoms with Crippen molar-refractivity contribution in [3.63, 3.8) is 0 Å². The Bertz CT molecular complexity index is 534. The molecule has 0 unspecified atom stereocenters. The minimum Gasteiger partial charge on any atom is -0.481 e. The first kappa shape index (κ1) is 15.8. The Morgan fingerprint density at radius 3 is 2.59 bits per heavy atom. The lowest BCUT2D eigenvalue weighted by Gasteiger charge is -2.28. The number of benzene rings is 1. The molecule has 22 heavy (non-hydrogen) atoms. The van der Waals surface area contributed by atoms with Gasteiger partial charge >= 0.3 is 5.97 Å². The normalized spacial score (nSPS) is 26.6. The van der Waals surface area contributed by atoms with E-state index < -0.39 is 5.97 Å². The van der Waals surface area contributed by atoms with Gasteiger partial charge in [-0.15, -0.1) is 0 Å². The van der Waals surface area contributed by atoms with Crippen LogP contribution in [-0.2, 0) is 11.2 Å². The van der Waals surface area contributed by atoms with Gasteiger partial charge in [-0.2, -0.15) is 0 Å². The van der Waals surface area contributed by atoms with E-state index in [-0.39, 0.29) is 5.92 Å². The summed E-state index contributed by atoms with van der Waals surface area (Å²) in [6.45, 7) is 1.04. The standard InChI is InChI=1S/C18H24ClNO2/c19-15-3-1-2-13(10-15)11-18(8-9-18)12-20-16-6-4-14(5-7-16)17(21)22/h1-3,10,14,16,20H,4-9,11-12H2,(H,21,22). The zero-order chi connectivity index (χ0) is 15.6. The van der Waals surface area contributed by atoms with Gasteiger partial charge < -0.3 is 10.4 Å². The van der Waals surface area contributed by atoms with Gasteiger partial charge in [0.25, 0.3) is 0 Å². The quantitative estimate of drug-likeness (QED) is 0.835. The van der Waals surface area contributed by atoms with Crippen LogP contribution in [0.25, 0.3) is 0 Å². The van der Waals surface area contributed by atoms with Crippen molar-refractivity contribution in [3.05, 3.63) is 34.9 Å². The van der Waals surface area contributed by atoms with Crippen LogP contribution in [0, 0.1) is 11.3 Å². The van der Waals surface area contributed by atoms with Gasteiger partial charge in [0.2, 0.25) is 0 Å². The lowest BCUT2D eigenvalue weighted by atomic mass is 9.85.